The van der Waals surface area contributed by atoms with Gasteiger partial charge in [0.25, 0.3) is 0 Å². The van der Waals surface area contributed by atoms with Crippen molar-refractivity contribution >= 4 is 5.97 Å². The molecule has 21 heavy (non-hydrogen) atoms. The number of carbonyl (C=O) groups excluding carboxylic acids is 1. The van der Waals surface area contributed by atoms with Crippen LogP contribution in [0.5, 0.6) is 0 Å². The third-order valence-electron chi connectivity index (χ3n) is 4.22. The van der Waals surface area contributed by atoms with Crippen molar-refractivity contribution in [3.63, 3.8) is 0 Å². The highest BCUT2D eigenvalue weighted by Crippen LogP contribution is 2.29. The molecular formula is C17H34N2O2. The summed E-state index contributed by atoms with van der Waals surface area (Å²) < 4.78 is 5.23. The molecule has 1 aliphatic rings. The van der Waals surface area contributed by atoms with Crippen LogP contribution in [-0.2, 0) is 9.53 Å². The summed E-state index contributed by atoms with van der Waals surface area (Å²) in [5.74, 6) is 0.843. The summed E-state index contributed by atoms with van der Waals surface area (Å²) >= 11 is 0. The van der Waals surface area contributed by atoms with Crippen molar-refractivity contribution in [1.82, 2.24) is 10.2 Å². The molecule has 0 aromatic rings. The Labute approximate surface area is 130 Å². The molecular weight excluding hydrogens is 264 g/mol. The van der Waals surface area contributed by atoms with Crippen molar-refractivity contribution < 1.29 is 9.53 Å². The van der Waals surface area contributed by atoms with Gasteiger partial charge in [-0.15, -0.1) is 0 Å². The number of hydrogen-bond acceptors (Lipinski definition) is 4. The minimum Gasteiger partial charge on any atom is -0.465 e. The maximum absolute atomic E-state index is 12.2. The van der Waals surface area contributed by atoms with Crippen LogP contribution in [0, 0.1) is 5.92 Å². The number of rotatable bonds is 12. The van der Waals surface area contributed by atoms with Gasteiger partial charge in [-0.2, -0.15) is 0 Å². The Morgan fingerprint density at radius 1 is 1.33 bits per heavy atom. The van der Waals surface area contributed by atoms with E-state index in [9.17, 15) is 4.79 Å². The first kappa shape index (κ1) is 18.4. The van der Waals surface area contributed by atoms with Crippen LogP contribution in [0.4, 0.5) is 0 Å². The Morgan fingerprint density at radius 3 is 2.62 bits per heavy atom. The molecule has 0 saturated heterocycles. The Bertz CT molecular complexity index is 305. The molecule has 1 atom stereocenters. The van der Waals surface area contributed by atoms with Gasteiger partial charge >= 0.3 is 5.97 Å². The van der Waals surface area contributed by atoms with E-state index < -0.39 is 5.54 Å². The standard InChI is InChI=1S/C17H34N2O2/c1-5-12-18-17(3,16(20)21-6-2)11-7-8-13-19(4)14-15-9-10-15/h15,18H,5-14H2,1-4H3. The third-order valence-corrected chi connectivity index (χ3v) is 4.22. The zero-order chi connectivity index (χ0) is 15.7. The number of hydrogen-bond donors (Lipinski definition) is 1. The molecule has 4 heteroatoms. The number of carbonyl (C=O) groups is 1. The van der Waals surface area contributed by atoms with Gasteiger partial charge in [-0.25, -0.2) is 0 Å². The fraction of sp³-hybridized carbons (Fsp3) is 0.941. The van der Waals surface area contributed by atoms with Crippen LogP contribution in [0.2, 0.25) is 0 Å². The molecule has 0 bridgehead atoms. The van der Waals surface area contributed by atoms with E-state index in [2.05, 4.69) is 24.2 Å². The van der Waals surface area contributed by atoms with Crippen LogP contribution in [-0.4, -0.2) is 49.7 Å². The van der Waals surface area contributed by atoms with Gasteiger partial charge in [0.05, 0.1) is 6.61 Å². The molecule has 1 unspecified atom stereocenters. The molecule has 1 aliphatic carbocycles. The van der Waals surface area contributed by atoms with Crippen molar-refractivity contribution in [3.05, 3.63) is 0 Å². The first-order valence-corrected chi connectivity index (χ1v) is 8.62. The summed E-state index contributed by atoms with van der Waals surface area (Å²) in [4.78, 5) is 14.6. The van der Waals surface area contributed by atoms with Crippen LogP contribution in [0.1, 0.15) is 59.3 Å². The first-order valence-electron chi connectivity index (χ1n) is 8.62. The second kappa shape index (κ2) is 9.42. The summed E-state index contributed by atoms with van der Waals surface area (Å²) in [6.45, 7) is 9.64. The van der Waals surface area contributed by atoms with Gasteiger partial charge in [0.1, 0.15) is 5.54 Å². The molecule has 124 valence electrons. The fourth-order valence-corrected chi connectivity index (χ4v) is 2.65. The Kier molecular flexibility index (Phi) is 8.27. The molecule has 0 aliphatic heterocycles. The molecule has 0 aromatic carbocycles. The van der Waals surface area contributed by atoms with Gasteiger partial charge in [-0.1, -0.05) is 6.92 Å². The summed E-state index contributed by atoms with van der Waals surface area (Å²) in [5.41, 5.74) is -0.527. The average molecular weight is 298 g/mol. The molecule has 4 nitrogen and oxygen atoms in total. The maximum atomic E-state index is 12.2. The lowest BCUT2D eigenvalue weighted by atomic mass is 9.94. The summed E-state index contributed by atoms with van der Waals surface area (Å²) in [6.07, 6.45) is 6.90. The van der Waals surface area contributed by atoms with Gasteiger partial charge in [0.2, 0.25) is 0 Å². The lowest BCUT2D eigenvalue weighted by Gasteiger charge is -2.29. The predicted octanol–water partition coefficient (Wildman–Crippen LogP) is 2.82. The fourth-order valence-electron chi connectivity index (χ4n) is 2.65. The van der Waals surface area contributed by atoms with E-state index in [-0.39, 0.29) is 5.97 Å². The summed E-state index contributed by atoms with van der Waals surface area (Å²) in [6, 6.07) is 0. The number of ether oxygens (including phenoxy) is 1. The predicted molar refractivity (Wildman–Crippen MR) is 87.4 cm³/mol. The normalized spacial score (nSPS) is 17.8. The van der Waals surface area contributed by atoms with Crippen LogP contribution in [0.15, 0.2) is 0 Å². The van der Waals surface area contributed by atoms with E-state index in [0.717, 1.165) is 44.7 Å². The van der Waals surface area contributed by atoms with Crippen molar-refractivity contribution in [2.45, 2.75) is 64.8 Å². The largest absolute Gasteiger partial charge is 0.465 e. The molecule has 1 saturated carbocycles. The second-order valence-electron chi connectivity index (χ2n) is 6.64. The molecule has 0 spiro atoms. The highest BCUT2D eigenvalue weighted by Gasteiger charge is 2.33. The van der Waals surface area contributed by atoms with E-state index in [4.69, 9.17) is 4.74 Å². The molecule has 0 radical (unpaired) electrons. The topological polar surface area (TPSA) is 41.6 Å². The zero-order valence-electron chi connectivity index (χ0n) is 14.4. The van der Waals surface area contributed by atoms with E-state index in [0.29, 0.717) is 6.61 Å². The van der Waals surface area contributed by atoms with Gasteiger partial charge in [-0.3, -0.25) is 4.79 Å². The highest BCUT2D eigenvalue weighted by molar-refractivity contribution is 5.80. The van der Waals surface area contributed by atoms with Crippen molar-refractivity contribution in [2.75, 3.05) is 33.3 Å². The molecule has 1 fully saturated rings. The number of nitrogens with one attached hydrogen (secondary N) is 1. The van der Waals surface area contributed by atoms with Gasteiger partial charge in [0, 0.05) is 6.54 Å². The SMILES string of the molecule is CCCNC(C)(CCCCN(C)CC1CC1)C(=O)OCC. The van der Waals surface area contributed by atoms with Crippen LogP contribution in [0.25, 0.3) is 0 Å². The minimum atomic E-state index is -0.527. The van der Waals surface area contributed by atoms with E-state index >= 15 is 0 Å². The van der Waals surface area contributed by atoms with Gasteiger partial charge < -0.3 is 15.0 Å². The van der Waals surface area contributed by atoms with Crippen molar-refractivity contribution in [1.29, 1.82) is 0 Å². The van der Waals surface area contributed by atoms with Crippen molar-refractivity contribution in [2.24, 2.45) is 5.92 Å². The maximum Gasteiger partial charge on any atom is 0.326 e. The van der Waals surface area contributed by atoms with Crippen molar-refractivity contribution in [3.8, 4) is 0 Å². The average Bonchev–Trinajstić information content (AvgIpc) is 3.25. The molecule has 1 N–H and O–H groups in total. The number of esters is 1. The smallest absolute Gasteiger partial charge is 0.326 e. The van der Waals surface area contributed by atoms with E-state index in [1.165, 1.54) is 19.4 Å². The molecule has 0 aromatic heterocycles. The monoisotopic (exact) mass is 298 g/mol. The van der Waals surface area contributed by atoms with Crippen LogP contribution < -0.4 is 5.32 Å². The van der Waals surface area contributed by atoms with Gasteiger partial charge in [-0.05, 0) is 78.4 Å². The summed E-state index contributed by atoms with van der Waals surface area (Å²) in [5, 5.41) is 3.37. The number of nitrogens with zero attached hydrogens (tertiary/aromatic N) is 1. The quantitative estimate of drug-likeness (QED) is 0.444. The molecule has 0 amide bonds. The summed E-state index contributed by atoms with van der Waals surface area (Å²) in [7, 11) is 2.21. The molecule has 0 heterocycles. The Hall–Kier alpha value is -0.610. The van der Waals surface area contributed by atoms with Crippen LogP contribution in [0.3, 0.4) is 0 Å². The first-order chi connectivity index (χ1) is 10.0. The van der Waals surface area contributed by atoms with E-state index in [1.54, 1.807) is 0 Å². The zero-order valence-corrected chi connectivity index (χ0v) is 14.4. The highest BCUT2D eigenvalue weighted by atomic mass is 16.5. The molecule has 1 rings (SSSR count). The third kappa shape index (κ3) is 7.28. The minimum absolute atomic E-state index is 0.107. The number of unbranched alkanes of at least 4 members (excludes halogenated alkanes) is 1. The second-order valence-corrected chi connectivity index (χ2v) is 6.64. The van der Waals surface area contributed by atoms with Crippen LogP contribution >= 0.6 is 0 Å². The van der Waals surface area contributed by atoms with Gasteiger partial charge in [0.15, 0.2) is 0 Å². The lowest BCUT2D eigenvalue weighted by molar-refractivity contribution is -0.150. The Balaban J connectivity index is 2.28. The van der Waals surface area contributed by atoms with E-state index in [1.807, 2.05) is 13.8 Å². The lowest BCUT2D eigenvalue weighted by Crippen LogP contribution is -2.50. The Morgan fingerprint density at radius 2 is 2.05 bits per heavy atom.